The summed E-state index contributed by atoms with van der Waals surface area (Å²) in [4.78, 5) is 10.4. The highest BCUT2D eigenvalue weighted by Gasteiger charge is 2.26. The molecule has 0 aliphatic carbocycles. The van der Waals surface area contributed by atoms with Crippen LogP contribution in [0.3, 0.4) is 0 Å². The van der Waals surface area contributed by atoms with E-state index in [1.54, 1.807) is 6.92 Å². The van der Waals surface area contributed by atoms with Crippen molar-refractivity contribution in [3.63, 3.8) is 0 Å². The molecule has 2 atom stereocenters. The Morgan fingerprint density at radius 3 is 3.00 bits per heavy atom. The van der Waals surface area contributed by atoms with Crippen LogP contribution >= 0.6 is 0 Å². The van der Waals surface area contributed by atoms with E-state index in [9.17, 15) is 4.79 Å². The molecule has 1 aliphatic heterocycles. The van der Waals surface area contributed by atoms with Crippen molar-refractivity contribution in [1.82, 2.24) is 5.32 Å². The number of aliphatic carboxylic acids is 1. The van der Waals surface area contributed by atoms with Crippen LogP contribution in [0, 0.1) is 5.92 Å². The number of hydrogen-bond acceptors (Lipinski definition) is 3. The molecule has 1 rings (SSSR count). The van der Waals surface area contributed by atoms with Gasteiger partial charge in [0, 0.05) is 6.54 Å². The summed E-state index contributed by atoms with van der Waals surface area (Å²) in [7, 11) is 0. The molecular formula is C6H11NO3. The zero-order valence-electron chi connectivity index (χ0n) is 5.83. The normalized spacial score (nSPS) is 28.3. The van der Waals surface area contributed by atoms with Gasteiger partial charge in [-0.3, -0.25) is 10.1 Å². The molecule has 2 unspecified atom stereocenters. The maximum absolute atomic E-state index is 10.4. The Labute approximate surface area is 59.2 Å². The van der Waals surface area contributed by atoms with Crippen LogP contribution < -0.4 is 5.32 Å². The van der Waals surface area contributed by atoms with E-state index in [-0.39, 0.29) is 6.23 Å². The third kappa shape index (κ3) is 1.46. The van der Waals surface area contributed by atoms with E-state index in [1.165, 1.54) is 0 Å². The summed E-state index contributed by atoms with van der Waals surface area (Å²) in [5, 5.41) is 11.5. The topological polar surface area (TPSA) is 58.6 Å². The van der Waals surface area contributed by atoms with Crippen LogP contribution in [0.1, 0.15) is 6.92 Å². The average molecular weight is 145 g/mol. The summed E-state index contributed by atoms with van der Waals surface area (Å²) in [5.74, 6) is -1.28. The van der Waals surface area contributed by atoms with E-state index < -0.39 is 11.9 Å². The molecule has 0 aromatic rings. The molecule has 0 aromatic heterocycles. The van der Waals surface area contributed by atoms with Gasteiger partial charge in [-0.2, -0.15) is 0 Å². The summed E-state index contributed by atoms with van der Waals surface area (Å²) >= 11 is 0. The standard InChI is InChI=1S/C6H11NO3/c1-4(6(8)9)5-7-2-3-10-5/h4-5,7H,2-3H2,1H3,(H,8,9). The quantitative estimate of drug-likeness (QED) is 0.557. The van der Waals surface area contributed by atoms with Gasteiger partial charge in [-0.15, -0.1) is 0 Å². The third-order valence-electron chi connectivity index (χ3n) is 1.59. The number of ether oxygens (including phenoxy) is 1. The Morgan fingerprint density at radius 1 is 1.90 bits per heavy atom. The minimum atomic E-state index is -0.820. The van der Waals surface area contributed by atoms with E-state index in [4.69, 9.17) is 9.84 Å². The fraction of sp³-hybridized carbons (Fsp3) is 0.833. The fourth-order valence-electron chi connectivity index (χ4n) is 0.897. The average Bonchev–Trinajstić information content (AvgIpc) is 2.36. The van der Waals surface area contributed by atoms with Crippen LogP contribution in [0.15, 0.2) is 0 Å². The maximum Gasteiger partial charge on any atom is 0.310 e. The van der Waals surface area contributed by atoms with Crippen LogP contribution in [0.4, 0.5) is 0 Å². The molecule has 0 radical (unpaired) electrons. The van der Waals surface area contributed by atoms with Crippen LogP contribution in [-0.2, 0) is 9.53 Å². The third-order valence-corrected chi connectivity index (χ3v) is 1.59. The molecule has 1 fully saturated rings. The van der Waals surface area contributed by atoms with Gasteiger partial charge < -0.3 is 9.84 Å². The molecule has 4 nitrogen and oxygen atoms in total. The molecule has 4 heteroatoms. The van der Waals surface area contributed by atoms with Crippen LogP contribution in [0.2, 0.25) is 0 Å². The van der Waals surface area contributed by atoms with Crippen molar-refractivity contribution < 1.29 is 14.6 Å². The van der Waals surface area contributed by atoms with Crippen molar-refractivity contribution in [2.24, 2.45) is 5.92 Å². The zero-order chi connectivity index (χ0) is 7.56. The number of carbonyl (C=O) groups is 1. The lowest BCUT2D eigenvalue weighted by atomic mass is 10.1. The fourth-order valence-corrected chi connectivity index (χ4v) is 0.897. The van der Waals surface area contributed by atoms with Gasteiger partial charge in [-0.25, -0.2) is 0 Å². The van der Waals surface area contributed by atoms with E-state index in [0.29, 0.717) is 6.61 Å². The van der Waals surface area contributed by atoms with E-state index >= 15 is 0 Å². The van der Waals surface area contributed by atoms with Gasteiger partial charge in [-0.05, 0) is 6.92 Å². The molecular weight excluding hydrogens is 134 g/mol. The molecule has 1 saturated heterocycles. The van der Waals surface area contributed by atoms with E-state index in [0.717, 1.165) is 6.54 Å². The van der Waals surface area contributed by atoms with Gasteiger partial charge in [0.1, 0.15) is 6.23 Å². The molecule has 0 bridgehead atoms. The van der Waals surface area contributed by atoms with Gasteiger partial charge in [0.25, 0.3) is 0 Å². The maximum atomic E-state index is 10.4. The second kappa shape index (κ2) is 2.98. The Hall–Kier alpha value is -0.610. The molecule has 0 amide bonds. The molecule has 0 aromatic carbocycles. The number of hydrogen-bond donors (Lipinski definition) is 2. The summed E-state index contributed by atoms with van der Waals surface area (Å²) < 4.78 is 5.08. The molecule has 0 spiro atoms. The van der Waals surface area contributed by atoms with Gasteiger partial charge in [0.2, 0.25) is 0 Å². The van der Waals surface area contributed by atoms with Crippen molar-refractivity contribution in [1.29, 1.82) is 0 Å². The minimum absolute atomic E-state index is 0.294. The highest BCUT2D eigenvalue weighted by molar-refractivity contribution is 5.70. The summed E-state index contributed by atoms with van der Waals surface area (Å²) in [6.45, 7) is 3.00. The van der Waals surface area contributed by atoms with Crippen molar-refractivity contribution in [2.75, 3.05) is 13.2 Å². The first-order valence-electron chi connectivity index (χ1n) is 3.29. The lowest BCUT2D eigenvalue weighted by molar-refractivity contribution is -0.145. The zero-order valence-corrected chi connectivity index (χ0v) is 5.83. The molecule has 1 heterocycles. The number of carboxylic acids is 1. The summed E-state index contributed by atoms with van der Waals surface area (Å²) in [6.07, 6.45) is -0.294. The molecule has 0 saturated carbocycles. The molecule has 58 valence electrons. The minimum Gasteiger partial charge on any atom is -0.481 e. The second-order valence-corrected chi connectivity index (χ2v) is 2.37. The first-order chi connectivity index (χ1) is 4.72. The van der Waals surface area contributed by atoms with E-state index in [1.807, 2.05) is 0 Å². The monoisotopic (exact) mass is 145 g/mol. The SMILES string of the molecule is CC(C(=O)O)C1NCCO1. The Kier molecular flexibility index (Phi) is 2.24. The number of nitrogens with one attached hydrogen (secondary N) is 1. The second-order valence-electron chi connectivity index (χ2n) is 2.37. The Morgan fingerprint density at radius 2 is 2.60 bits per heavy atom. The van der Waals surface area contributed by atoms with Crippen LogP contribution in [-0.4, -0.2) is 30.5 Å². The Bertz CT molecular complexity index is 131. The van der Waals surface area contributed by atoms with Crippen molar-refractivity contribution in [2.45, 2.75) is 13.2 Å². The van der Waals surface area contributed by atoms with Gasteiger partial charge >= 0.3 is 5.97 Å². The van der Waals surface area contributed by atoms with Crippen molar-refractivity contribution >= 4 is 5.97 Å². The van der Waals surface area contributed by atoms with Gasteiger partial charge in [0.15, 0.2) is 0 Å². The smallest absolute Gasteiger partial charge is 0.310 e. The predicted octanol–water partition coefficient (Wildman–Crippen LogP) is -0.347. The van der Waals surface area contributed by atoms with Crippen LogP contribution in [0.25, 0.3) is 0 Å². The number of carboxylic acid groups (broad SMARTS) is 1. The summed E-state index contributed by atoms with van der Waals surface area (Å²) in [5.41, 5.74) is 0. The first-order valence-corrected chi connectivity index (χ1v) is 3.29. The van der Waals surface area contributed by atoms with Crippen molar-refractivity contribution in [3.05, 3.63) is 0 Å². The predicted molar refractivity (Wildman–Crippen MR) is 34.5 cm³/mol. The van der Waals surface area contributed by atoms with Crippen LogP contribution in [0.5, 0.6) is 0 Å². The molecule has 10 heavy (non-hydrogen) atoms. The van der Waals surface area contributed by atoms with Gasteiger partial charge in [0.05, 0.1) is 12.5 Å². The van der Waals surface area contributed by atoms with E-state index in [2.05, 4.69) is 5.32 Å². The number of rotatable bonds is 2. The lowest BCUT2D eigenvalue weighted by Gasteiger charge is -2.13. The highest BCUT2D eigenvalue weighted by Crippen LogP contribution is 2.07. The Balaban J connectivity index is 2.39. The first kappa shape index (κ1) is 7.50. The van der Waals surface area contributed by atoms with Crippen molar-refractivity contribution in [3.8, 4) is 0 Å². The molecule has 1 aliphatic rings. The summed E-state index contributed by atoms with van der Waals surface area (Å²) in [6, 6.07) is 0. The lowest BCUT2D eigenvalue weighted by Crippen LogP contribution is -2.34. The largest absolute Gasteiger partial charge is 0.481 e. The molecule has 2 N–H and O–H groups in total. The highest BCUT2D eigenvalue weighted by atomic mass is 16.5. The van der Waals surface area contributed by atoms with Gasteiger partial charge in [-0.1, -0.05) is 0 Å².